The van der Waals surface area contributed by atoms with Crippen molar-refractivity contribution in [2.75, 3.05) is 13.2 Å². The summed E-state index contributed by atoms with van der Waals surface area (Å²) in [5, 5.41) is 0. The van der Waals surface area contributed by atoms with Gasteiger partial charge >= 0.3 is 6.09 Å². The van der Waals surface area contributed by atoms with Gasteiger partial charge in [0.2, 0.25) is 0 Å². The minimum absolute atomic E-state index is 0.135. The van der Waals surface area contributed by atoms with Crippen molar-refractivity contribution in [3.8, 4) is 0 Å². The van der Waals surface area contributed by atoms with Crippen molar-refractivity contribution in [1.29, 1.82) is 0 Å². The molecule has 132 valence electrons. The number of amides is 2. The quantitative estimate of drug-likeness (QED) is 0.738. The Morgan fingerprint density at radius 1 is 1.20 bits per heavy atom. The van der Waals surface area contributed by atoms with E-state index in [1.807, 2.05) is 0 Å². The number of sulfonamides is 1. The maximum absolute atomic E-state index is 12.6. The molecule has 1 aliphatic rings. The number of carbonyl (C=O) groups is 2. The number of cyclic esters (lactones) is 1. The molecule has 1 aromatic heterocycles. The van der Waals surface area contributed by atoms with Crippen LogP contribution in [0, 0.1) is 0 Å². The molecule has 2 amide bonds. The maximum Gasteiger partial charge on any atom is 0.417 e. The number of ether oxygens (including phenoxy) is 1. The van der Waals surface area contributed by atoms with Gasteiger partial charge in [0.05, 0.1) is 16.4 Å². The first-order chi connectivity index (χ1) is 11.9. The molecule has 1 saturated heterocycles. The third-order valence-corrected chi connectivity index (χ3v) is 7.11. The molecule has 7 nitrogen and oxygen atoms in total. The summed E-state index contributed by atoms with van der Waals surface area (Å²) in [5.41, 5.74) is 0.634. The molecule has 0 saturated carbocycles. The van der Waals surface area contributed by atoms with E-state index in [2.05, 4.69) is 25.4 Å². The van der Waals surface area contributed by atoms with Crippen molar-refractivity contribution in [1.82, 2.24) is 9.62 Å². The lowest BCUT2D eigenvalue weighted by molar-refractivity contribution is -0.126. The number of rotatable bonds is 6. The van der Waals surface area contributed by atoms with Crippen LogP contribution in [0.2, 0.25) is 0 Å². The molecule has 0 radical (unpaired) electrons. The number of hydrogen-bond donors (Lipinski definition) is 1. The zero-order valence-electron chi connectivity index (χ0n) is 12.7. The van der Waals surface area contributed by atoms with E-state index in [1.54, 1.807) is 36.4 Å². The van der Waals surface area contributed by atoms with Crippen molar-refractivity contribution in [2.45, 2.75) is 10.3 Å². The van der Waals surface area contributed by atoms with Crippen molar-refractivity contribution in [2.24, 2.45) is 0 Å². The summed E-state index contributed by atoms with van der Waals surface area (Å²) in [5.74, 6) is -0.496. The van der Waals surface area contributed by atoms with E-state index in [4.69, 9.17) is 0 Å². The van der Waals surface area contributed by atoms with Gasteiger partial charge in [-0.3, -0.25) is 4.79 Å². The number of halogens is 1. The van der Waals surface area contributed by atoms with Crippen LogP contribution in [0.1, 0.15) is 11.6 Å². The highest BCUT2D eigenvalue weighted by molar-refractivity contribution is 9.11. The summed E-state index contributed by atoms with van der Waals surface area (Å²) < 4.78 is 33.3. The molecule has 0 spiro atoms. The zero-order valence-corrected chi connectivity index (χ0v) is 15.9. The summed E-state index contributed by atoms with van der Waals surface area (Å²) in [4.78, 5) is 24.4. The Kier molecular flexibility index (Phi) is 5.23. The number of hydrogen-bond acceptors (Lipinski definition) is 6. The van der Waals surface area contributed by atoms with Crippen LogP contribution in [-0.2, 0) is 19.6 Å². The van der Waals surface area contributed by atoms with Crippen molar-refractivity contribution in [3.63, 3.8) is 0 Å². The van der Waals surface area contributed by atoms with Gasteiger partial charge in [0.25, 0.3) is 15.9 Å². The van der Waals surface area contributed by atoms with Gasteiger partial charge in [-0.15, -0.1) is 11.3 Å². The Morgan fingerprint density at radius 3 is 2.48 bits per heavy atom. The second kappa shape index (κ2) is 7.24. The number of carbonyl (C=O) groups excluding carboxylic acids is 2. The lowest BCUT2D eigenvalue weighted by Crippen LogP contribution is -2.40. The van der Waals surface area contributed by atoms with Gasteiger partial charge in [0, 0.05) is 0 Å². The third kappa shape index (κ3) is 4.09. The van der Waals surface area contributed by atoms with Gasteiger partial charge in [-0.25, -0.2) is 22.8 Å². The predicted molar refractivity (Wildman–Crippen MR) is 94.6 cm³/mol. The average Bonchev–Trinajstić information content (AvgIpc) is 3.16. The Balaban J connectivity index is 1.89. The molecule has 0 aliphatic carbocycles. The molecule has 0 unspecified atom stereocenters. The van der Waals surface area contributed by atoms with Crippen LogP contribution in [0.15, 0.2) is 50.5 Å². The minimum atomic E-state index is -3.81. The normalized spacial score (nSPS) is 16.1. The Hall–Kier alpha value is -1.75. The summed E-state index contributed by atoms with van der Waals surface area (Å²) in [7, 11) is -3.81. The summed E-state index contributed by atoms with van der Waals surface area (Å²) in [6.07, 6.45) is -0.774. The molecule has 1 aliphatic heterocycles. The van der Waals surface area contributed by atoms with Crippen LogP contribution in [0.3, 0.4) is 0 Å². The van der Waals surface area contributed by atoms with Crippen LogP contribution in [-0.4, -0.2) is 38.5 Å². The van der Waals surface area contributed by atoms with E-state index >= 15 is 0 Å². The van der Waals surface area contributed by atoms with E-state index in [-0.39, 0.29) is 17.4 Å². The molecule has 1 aromatic carbocycles. The molecule has 25 heavy (non-hydrogen) atoms. The van der Waals surface area contributed by atoms with E-state index < -0.39 is 28.1 Å². The molecule has 1 atom stereocenters. The van der Waals surface area contributed by atoms with Crippen LogP contribution < -0.4 is 4.72 Å². The third-order valence-electron chi connectivity index (χ3n) is 3.52. The highest BCUT2D eigenvalue weighted by Gasteiger charge is 2.34. The Labute approximate surface area is 156 Å². The number of benzene rings is 1. The topological polar surface area (TPSA) is 92.8 Å². The minimum Gasteiger partial charge on any atom is -0.439 e. The molecule has 1 fully saturated rings. The van der Waals surface area contributed by atoms with Gasteiger partial charge in [-0.1, -0.05) is 30.3 Å². The molecule has 0 bridgehead atoms. The monoisotopic (exact) mass is 444 g/mol. The Morgan fingerprint density at radius 2 is 1.92 bits per heavy atom. The molecule has 2 aromatic rings. The molecule has 10 heteroatoms. The van der Waals surface area contributed by atoms with Crippen LogP contribution in [0.25, 0.3) is 0 Å². The highest BCUT2D eigenvalue weighted by Crippen LogP contribution is 2.28. The smallest absolute Gasteiger partial charge is 0.417 e. The first kappa shape index (κ1) is 18.1. The van der Waals surface area contributed by atoms with Crippen LogP contribution in [0.5, 0.6) is 0 Å². The molecular weight excluding hydrogens is 432 g/mol. The number of nitrogens with zero attached hydrogens (tertiary/aromatic N) is 1. The number of thiophene rings is 1. The van der Waals surface area contributed by atoms with Gasteiger partial charge in [-0.2, -0.15) is 0 Å². The molecule has 3 rings (SSSR count). The van der Waals surface area contributed by atoms with E-state index in [0.717, 1.165) is 16.2 Å². The largest absolute Gasteiger partial charge is 0.439 e. The van der Waals surface area contributed by atoms with E-state index in [0.29, 0.717) is 9.35 Å². The second-order valence-electron chi connectivity index (χ2n) is 5.20. The van der Waals surface area contributed by atoms with E-state index in [1.165, 1.54) is 6.07 Å². The van der Waals surface area contributed by atoms with E-state index in [9.17, 15) is 18.0 Å². The zero-order chi connectivity index (χ0) is 18.0. The first-order valence-corrected chi connectivity index (χ1v) is 10.3. The van der Waals surface area contributed by atoms with Crippen LogP contribution in [0.4, 0.5) is 4.79 Å². The highest BCUT2D eigenvalue weighted by atomic mass is 79.9. The standard InChI is InChI=1S/C15H13BrN2O5S2/c16-12-6-7-14(24-12)25(21,22)17-11(10-4-2-1-3-5-10)8-18-13(19)9-23-15(18)20/h1-7,11,17H,8-9H2/t11-/m1/s1. The number of imide groups is 1. The van der Waals surface area contributed by atoms with Gasteiger partial charge in [0.1, 0.15) is 4.21 Å². The fourth-order valence-corrected chi connectivity index (χ4v) is 5.57. The summed E-state index contributed by atoms with van der Waals surface area (Å²) >= 11 is 4.30. The summed E-state index contributed by atoms with van der Waals surface area (Å²) in [6.45, 7) is -0.474. The number of nitrogens with one attached hydrogen (secondary N) is 1. The second-order valence-corrected chi connectivity index (χ2v) is 9.61. The summed E-state index contributed by atoms with van der Waals surface area (Å²) in [6, 6.07) is 11.1. The molecule has 2 heterocycles. The van der Waals surface area contributed by atoms with Gasteiger partial charge in [-0.05, 0) is 33.6 Å². The van der Waals surface area contributed by atoms with Gasteiger partial charge < -0.3 is 4.74 Å². The van der Waals surface area contributed by atoms with Crippen molar-refractivity contribution in [3.05, 3.63) is 51.8 Å². The molecule has 1 N–H and O–H groups in total. The van der Waals surface area contributed by atoms with Crippen molar-refractivity contribution < 1.29 is 22.7 Å². The first-order valence-electron chi connectivity index (χ1n) is 7.16. The molecular formula is C15H13BrN2O5S2. The lowest BCUT2D eigenvalue weighted by atomic mass is 10.1. The van der Waals surface area contributed by atoms with Crippen LogP contribution >= 0.6 is 27.3 Å². The average molecular weight is 445 g/mol. The maximum atomic E-state index is 12.6. The van der Waals surface area contributed by atoms with Gasteiger partial charge in [0.15, 0.2) is 6.61 Å². The SMILES string of the molecule is O=C1COC(=O)N1C[C@@H](NS(=O)(=O)c1ccc(Br)s1)c1ccccc1. The predicted octanol–water partition coefficient (Wildman–Crippen LogP) is 2.51. The fraction of sp³-hybridized carbons (Fsp3) is 0.200. The van der Waals surface area contributed by atoms with Crippen molar-refractivity contribution >= 4 is 49.3 Å². The fourth-order valence-electron chi connectivity index (χ4n) is 2.32. The Bertz CT molecular complexity index is 882. The lowest BCUT2D eigenvalue weighted by Gasteiger charge is -2.22.